The van der Waals surface area contributed by atoms with Crippen molar-refractivity contribution in [1.29, 1.82) is 0 Å². The van der Waals surface area contributed by atoms with Crippen LogP contribution in [0.15, 0.2) is 76.5 Å². The molecule has 3 aromatic rings. The molecule has 0 bridgehead atoms. The van der Waals surface area contributed by atoms with E-state index < -0.39 is 21.3 Å². The van der Waals surface area contributed by atoms with Crippen LogP contribution < -0.4 is 8.92 Å². The zero-order valence-corrected chi connectivity index (χ0v) is 21.2. The average molecular weight is 550 g/mol. The Kier molecular flexibility index (Phi) is 7.42. The first-order chi connectivity index (χ1) is 16.7. The molecule has 2 amide bonds. The first kappa shape index (κ1) is 25.1. The molecular weight excluding hydrogens is 533 g/mol. The van der Waals surface area contributed by atoms with Gasteiger partial charge in [-0.05, 0) is 65.4 Å². The smallest absolute Gasteiger partial charge is 0.339 e. The fraction of sp³-hybridized carbons (Fsp3) is 0.0833. The van der Waals surface area contributed by atoms with E-state index >= 15 is 0 Å². The fourth-order valence-electron chi connectivity index (χ4n) is 3.20. The fourth-order valence-corrected chi connectivity index (χ4v) is 5.32. The summed E-state index contributed by atoms with van der Waals surface area (Å²) < 4.78 is 35.6. The van der Waals surface area contributed by atoms with E-state index in [2.05, 4.69) is 0 Å². The number of imide groups is 1. The van der Waals surface area contributed by atoms with Crippen LogP contribution in [0.4, 0.5) is 4.79 Å². The lowest BCUT2D eigenvalue weighted by molar-refractivity contribution is -0.123. The molecule has 1 saturated heterocycles. The minimum Gasteiger partial charge on any atom is -0.493 e. The van der Waals surface area contributed by atoms with Gasteiger partial charge in [0.1, 0.15) is 4.90 Å². The van der Waals surface area contributed by atoms with Crippen molar-refractivity contribution in [3.05, 3.63) is 92.8 Å². The second-order valence-corrected chi connectivity index (χ2v) is 10.6. The largest absolute Gasteiger partial charge is 0.493 e. The van der Waals surface area contributed by atoms with E-state index in [-0.39, 0.29) is 27.8 Å². The van der Waals surface area contributed by atoms with E-state index in [1.165, 1.54) is 37.5 Å². The predicted molar refractivity (Wildman–Crippen MR) is 135 cm³/mol. The van der Waals surface area contributed by atoms with Gasteiger partial charge in [-0.2, -0.15) is 8.42 Å². The summed E-state index contributed by atoms with van der Waals surface area (Å²) in [6, 6.07) is 17.1. The number of ether oxygens (including phenoxy) is 1. The van der Waals surface area contributed by atoms with Crippen molar-refractivity contribution in [2.45, 2.75) is 11.4 Å². The van der Waals surface area contributed by atoms with Gasteiger partial charge in [-0.1, -0.05) is 53.5 Å². The molecule has 1 aliphatic heterocycles. The van der Waals surface area contributed by atoms with Crippen molar-refractivity contribution < 1.29 is 26.9 Å². The molecule has 1 aliphatic rings. The number of amides is 2. The number of hydrogen-bond donors (Lipinski definition) is 0. The first-order valence-electron chi connectivity index (χ1n) is 10.0. The Balaban J connectivity index is 1.55. The summed E-state index contributed by atoms with van der Waals surface area (Å²) in [5.74, 6) is -0.327. The Hall–Kier alpha value is -2.98. The molecule has 0 aromatic heterocycles. The molecule has 0 unspecified atom stereocenters. The molecule has 0 atom stereocenters. The maximum atomic E-state index is 12.9. The summed E-state index contributed by atoms with van der Waals surface area (Å²) in [4.78, 5) is 26.7. The monoisotopic (exact) mass is 549 g/mol. The molecule has 0 radical (unpaired) electrons. The topological polar surface area (TPSA) is 90.0 Å². The third kappa shape index (κ3) is 5.65. The molecule has 180 valence electrons. The van der Waals surface area contributed by atoms with E-state index in [1.54, 1.807) is 42.5 Å². The Morgan fingerprint density at radius 2 is 1.69 bits per heavy atom. The highest BCUT2D eigenvalue weighted by Crippen LogP contribution is 2.36. The van der Waals surface area contributed by atoms with Crippen LogP contribution in [0, 0.1) is 0 Å². The summed E-state index contributed by atoms with van der Waals surface area (Å²) in [5, 5.41) is 0.283. The van der Waals surface area contributed by atoms with Gasteiger partial charge in [0.15, 0.2) is 11.5 Å². The summed E-state index contributed by atoms with van der Waals surface area (Å²) in [5.41, 5.74) is 1.18. The van der Waals surface area contributed by atoms with Gasteiger partial charge in [0.25, 0.3) is 11.1 Å². The van der Waals surface area contributed by atoms with E-state index in [0.29, 0.717) is 21.2 Å². The van der Waals surface area contributed by atoms with Crippen LogP contribution in [0.5, 0.6) is 11.5 Å². The highest BCUT2D eigenvalue weighted by Gasteiger charge is 2.35. The summed E-state index contributed by atoms with van der Waals surface area (Å²) in [6.07, 6.45) is 1.53. The van der Waals surface area contributed by atoms with Gasteiger partial charge >= 0.3 is 10.1 Å². The van der Waals surface area contributed by atoms with Gasteiger partial charge in [0.05, 0.1) is 28.6 Å². The van der Waals surface area contributed by atoms with Crippen LogP contribution in [0.3, 0.4) is 0 Å². The van der Waals surface area contributed by atoms with Crippen molar-refractivity contribution in [2.75, 3.05) is 7.11 Å². The van der Waals surface area contributed by atoms with Crippen molar-refractivity contribution in [3.8, 4) is 11.5 Å². The van der Waals surface area contributed by atoms with E-state index in [0.717, 1.165) is 16.7 Å². The Bertz CT molecular complexity index is 1440. The lowest BCUT2D eigenvalue weighted by Gasteiger charge is -2.13. The second kappa shape index (κ2) is 10.3. The second-order valence-electron chi connectivity index (χ2n) is 7.28. The molecule has 0 N–H and O–H groups in total. The molecule has 3 aromatic carbocycles. The Labute approximate surface area is 216 Å². The quantitative estimate of drug-likeness (QED) is 0.263. The third-order valence-corrected chi connectivity index (χ3v) is 7.81. The lowest BCUT2D eigenvalue weighted by Crippen LogP contribution is -2.27. The highest BCUT2D eigenvalue weighted by molar-refractivity contribution is 8.18. The van der Waals surface area contributed by atoms with Gasteiger partial charge in [0, 0.05) is 0 Å². The number of halogens is 2. The van der Waals surface area contributed by atoms with Gasteiger partial charge in [-0.25, -0.2) is 0 Å². The Morgan fingerprint density at radius 3 is 2.37 bits per heavy atom. The molecule has 35 heavy (non-hydrogen) atoms. The van der Waals surface area contributed by atoms with Gasteiger partial charge in [-0.15, -0.1) is 0 Å². The number of thioether (sulfide) groups is 1. The third-order valence-electron chi connectivity index (χ3n) is 4.92. The highest BCUT2D eigenvalue weighted by atomic mass is 35.5. The molecule has 1 heterocycles. The van der Waals surface area contributed by atoms with Crippen LogP contribution >= 0.6 is 35.0 Å². The van der Waals surface area contributed by atoms with Crippen molar-refractivity contribution >= 4 is 62.3 Å². The Morgan fingerprint density at radius 1 is 0.943 bits per heavy atom. The average Bonchev–Trinajstić information content (AvgIpc) is 3.10. The van der Waals surface area contributed by atoms with Crippen LogP contribution in [0.25, 0.3) is 6.08 Å². The number of carbonyl (C=O) groups excluding carboxylic acids is 2. The van der Waals surface area contributed by atoms with Crippen molar-refractivity contribution in [1.82, 2.24) is 4.90 Å². The zero-order valence-electron chi connectivity index (χ0n) is 18.1. The van der Waals surface area contributed by atoms with Crippen molar-refractivity contribution in [3.63, 3.8) is 0 Å². The molecule has 7 nitrogen and oxygen atoms in total. The molecule has 0 aliphatic carbocycles. The van der Waals surface area contributed by atoms with Crippen LogP contribution in [-0.4, -0.2) is 31.6 Å². The maximum Gasteiger partial charge on any atom is 0.339 e. The summed E-state index contributed by atoms with van der Waals surface area (Å²) in [7, 11) is -2.70. The summed E-state index contributed by atoms with van der Waals surface area (Å²) in [6.45, 7) is 0.0480. The number of nitrogens with zero attached hydrogens (tertiary/aromatic N) is 1. The number of carbonyl (C=O) groups is 2. The maximum absolute atomic E-state index is 12.9. The summed E-state index contributed by atoms with van der Waals surface area (Å²) >= 11 is 12.8. The van der Waals surface area contributed by atoms with E-state index in [1.807, 2.05) is 0 Å². The minimum atomic E-state index is -4.06. The van der Waals surface area contributed by atoms with Crippen LogP contribution in [-0.2, 0) is 21.5 Å². The van der Waals surface area contributed by atoms with Crippen LogP contribution in [0.2, 0.25) is 10.0 Å². The first-order valence-corrected chi connectivity index (χ1v) is 13.0. The predicted octanol–water partition coefficient (Wildman–Crippen LogP) is 6.01. The number of benzene rings is 3. The molecule has 0 spiro atoms. The molecular formula is C24H17Cl2NO6S2. The molecule has 0 saturated carbocycles. The standard InChI is InChI=1S/C24H17Cl2NO6S2/c1-32-21-12-15(8-10-20(21)33-35(30,31)17-5-3-2-4-6-17)13-22-23(28)27(24(29)34-22)14-16-7-9-18(25)19(26)11-16/h2-13H,14H2,1H3/b22-13-. The van der Waals surface area contributed by atoms with Gasteiger partial charge in [-0.3, -0.25) is 14.5 Å². The SMILES string of the molecule is COc1cc(/C=C2\SC(=O)N(Cc3ccc(Cl)c(Cl)c3)C2=O)ccc1OS(=O)(=O)c1ccccc1. The minimum absolute atomic E-state index is 0.00165. The van der Waals surface area contributed by atoms with Crippen LogP contribution in [0.1, 0.15) is 11.1 Å². The number of methoxy groups -OCH3 is 1. The van der Waals surface area contributed by atoms with Gasteiger partial charge in [0.2, 0.25) is 0 Å². The lowest BCUT2D eigenvalue weighted by atomic mass is 10.1. The molecule has 4 rings (SSSR count). The number of hydrogen-bond acceptors (Lipinski definition) is 7. The zero-order chi connectivity index (χ0) is 25.2. The van der Waals surface area contributed by atoms with Crippen molar-refractivity contribution in [2.24, 2.45) is 0 Å². The molecule has 11 heteroatoms. The van der Waals surface area contributed by atoms with E-state index in [9.17, 15) is 18.0 Å². The van der Waals surface area contributed by atoms with Gasteiger partial charge < -0.3 is 8.92 Å². The normalized spacial score (nSPS) is 15.1. The van der Waals surface area contributed by atoms with E-state index in [4.69, 9.17) is 32.1 Å². The molecule has 1 fully saturated rings. The number of rotatable bonds is 7.